The van der Waals surface area contributed by atoms with Crippen LogP contribution >= 0.6 is 0 Å². The lowest BCUT2D eigenvalue weighted by molar-refractivity contribution is 0.0397. The van der Waals surface area contributed by atoms with Crippen LogP contribution in [0.2, 0.25) is 0 Å². The molecule has 5 nitrogen and oxygen atoms in total. The van der Waals surface area contributed by atoms with Gasteiger partial charge in [0.25, 0.3) is 0 Å². The second-order valence-electron chi connectivity index (χ2n) is 8.47. The molecule has 0 bridgehead atoms. The number of hydrogen-bond donors (Lipinski definition) is 0. The van der Waals surface area contributed by atoms with E-state index in [1.807, 2.05) is 24.3 Å². The molecule has 3 rings (SSSR count). The molecule has 0 aliphatic carbocycles. The van der Waals surface area contributed by atoms with Gasteiger partial charge in [0.05, 0.1) is 23.3 Å². The maximum atomic E-state index is 12.7. The molecule has 0 aromatic heterocycles. The van der Waals surface area contributed by atoms with Crippen molar-refractivity contribution in [3.8, 4) is 0 Å². The van der Waals surface area contributed by atoms with Gasteiger partial charge >= 0.3 is 17.9 Å². The Balaban J connectivity index is 1.56. The highest BCUT2D eigenvalue weighted by atomic mass is 16.6. The van der Waals surface area contributed by atoms with Crippen LogP contribution in [-0.2, 0) is 28.7 Å². The van der Waals surface area contributed by atoms with E-state index in [1.54, 1.807) is 48.5 Å². The smallest absolute Gasteiger partial charge is 0.346 e. The second-order valence-corrected chi connectivity index (χ2v) is 8.47. The van der Waals surface area contributed by atoms with Crippen molar-refractivity contribution in [3.63, 3.8) is 0 Å². The number of hydrogen-bond acceptors (Lipinski definition) is 5. The van der Waals surface area contributed by atoms with Gasteiger partial charge in [-0.1, -0.05) is 69.2 Å². The van der Waals surface area contributed by atoms with Gasteiger partial charge in [-0.3, -0.25) is 0 Å². The van der Waals surface area contributed by atoms with Gasteiger partial charge in [0.1, 0.15) is 0 Å². The molecule has 0 unspecified atom stereocenters. The average Bonchev–Trinajstić information content (AvgIpc) is 2.88. The summed E-state index contributed by atoms with van der Waals surface area (Å²) in [7, 11) is 0. The number of rotatable bonds is 11. The SMILES string of the molecule is CCCCc1ccc(C(=O)OC(=O)c2ccccc2CCOC(=O)c2ccc(CCC)cc2)cc1. The van der Waals surface area contributed by atoms with Crippen molar-refractivity contribution in [1.82, 2.24) is 0 Å². The van der Waals surface area contributed by atoms with Crippen LogP contribution in [0.1, 0.15) is 80.9 Å². The molecule has 35 heavy (non-hydrogen) atoms. The molecule has 0 atom stereocenters. The van der Waals surface area contributed by atoms with E-state index in [0.717, 1.165) is 37.7 Å². The Morgan fingerprint density at radius 1 is 0.629 bits per heavy atom. The Labute approximate surface area is 207 Å². The monoisotopic (exact) mass is 472 g/mol. The van der Waals surface area contributed by atoms with Crippen molar-refractivity contribution >= 4 is 17.9 Å². The van der Waals surface area contributed by atoms with Crippen molar-refractivity contribution in [2.45, 2.75) is 52.4 Å². The Hall–Kier alpha value is -3.73. The van der Waals surface area contributed by atoms with Crippen LogP contribution in [0.3, 0.4) is 0 Å². The van der Waals surface area contributed by atoms with Gasteiger partial charge < -0.3 is 9.47 Å². The van der Waals surface area contributed by atoms with Crippen molar-refractivity contribution in [2.24, 2.45) is 0 Å². The zero-order valence-electron chi connectivity index (χ0n) is 20.4. The maximum Gasteiger partial charge on any atom is 0.346 e. The molecule has 0 aliphatic rings. The summed E-state index contributed by atoms with van der Waals surface area (Å²) >= 11 is 0. The number of unbranched alkanes of at least 4 members (excludes halogenated alkanes) is 1. The van der Waals surface area contributed by atoms with E-state index in [-0.39, 0.29) is 12.2 Å². The molecule has 0 saturated carbocycles. The minimum absolute atomic E-state index is 0.104. The van der Waals surface area contributed by atoms with Crippen LogP contribution < -0.4 is 0 Å². The van der Waals surface area contributed by atoms with E-state index >= 15 is 0 Å². The minimum Gasteiger partial charge on any atom is -0.462 e. The van der Waals surface area contributed by atoms with Gasteiger partial charge in [0.15, 0.2) is 0 Å². The number of carbonyl (C=O) groups is 3. The molecule has 3 aromatic carbocycles. The van der Waals surface area contributed by atoms with E-state index in [2.05, 4.69) is 13.8 Å². The second kappa shape index (κ2) is 13.2. The number of aryl methyl sites for hydroxylation is 2. The highest BCUT2D eigenvalue weighted by Gasteiger charge is 2.18. The predicted molar refractivity (Wildman–Crippen MR) is 136 cm³/mol. The van der Waals surface area contributed by atoms with Gasteiger partial charge in [0, 0.05) is 6.42 Å². The number of benzene rings is 3. The molecule has 182 valence electrons. The summed E-state index contributed by atoms with van der Waals surface area (Å²) < 4.78 is 10.5. The van der Waals surface area contributed by atoms with Gasteiger partial charge in [-0.25, -0.2) is 14.4 Å². The normalized spacial score (nSPS) is 10.6. The average molecular weight is 473 g/mol. The molecule has 0 aliphatic heterocycles. The molecule has 3 aromatic rings. The molecule has 0 saturated heterocycles. The quantitative estimate of drug-likeness (QED) is 0.239. The highest BCUT2D eigenvalue weighted by Crippen LogP contribution is 2.15. The van der Waals surface area contributed by atoms with Crippen LogP contribution in [0.15, 0.2) is 72.8 Å². The largest absolute Gasteiger partial charge is 0.462 e. The molecule has 0 fully saturated rings. The lowest BCUT2D eigenvalue weighted by Crippen LogP contribution is -2.16. The van der Waals surface area contributed by atoms with E-state index in [0.29, 0.717) is 23.1 Å². The third kappa shape index (κ3) is 7.64. The molecule has 0 N–H and O–H groups in total. The van der Waals surface area contributed by atoms with Gasteiger partial charge in [0.2, 0.25) is 0 Å². The van der Waals surface area contributed by atoms with Crippen molar-refractivity contribution in [1.29, 1.82) is 0 Å². The molecular formula is C30H32O5. The van der Waals surface area contributed by atoms with Crippen LogP contribution in [0.4, 0.5) is 0 Å². The van der Waals surface area contributed by atoms with E-state index in [1.165, 1.54) is 5.56 Å². The number of esters is 3. The van der Waals surface area contributed by atoms with Crippen LogP contribution in [0, 0.1) is 0 Å². The Bertz CT molecular complexity index is 1130. The van der Waals surface area contributed by atoms with Crippen molar-refractivity contribution in [3.05, 3.63) is 106 Å². The fourth-order valence-electron chi connectivity index (χ4n) is 3.76. The first-order valence-corrected chi connectivity index (χ1v) is 12.2. The highest BCUT2D eigenvalue weighted by molar-refractivity contribution is 6.03. The Morgan fingerprint density at radius 3 is 1.86 bits per heavy atom. The lowest BCUT2D eigenvalue weighted by atomic mass is 10.0. The van der Waals surface area contributed by atoms with E-state index < -0.39 is 17.9 Å². The Kier molecular flexibility index (Phi) is 9.79. The minimum atomic E-state index is -0.724. The first-order chi connectivity index (χ1) is 17.0. The maximum absolute atomic E-state index is 12.7. The van der Waals surface area contributed by atoms with Crippen LogP contribution in [-0.4, -0.2) is 24.5 Å². The summed E-state index contributed by atoms with van der Waals surface area (Å²) in [5.41, 5.74) is 4.07. The number of carbonyl (C=O) groups excluding carboxylic acids is 3. The fraction of sp³-hybridized carbons (Fsp3) is 0.300. The molecule has 5 heteroatoms. The summed E-state index contributed by atoms with van der Waals surface area (Å²) in [4.78, 5) is 37.5. The fourth-order valence-corrected chi connectivity index (χ4v) is 3.76. The summed E-state index contributed by atoms with van der Waals surface area (Å²) in [5, 5.41) is 0. The lowest BCUT2D eigenvalue weighted by Gasteiger charge is -2.10. The van der Waals surface area contributed by atoms with Crippen molar-refractivity contribution < 1.29 is 23.9 Å². The third-order valence-corrected chi connectivity index (χ3v) is 5.76. The topological polar surface area (TPSA) is 69.7 Å². The molecule has 0 spiro atoms. The summed E-state index contributed by atoms with van der Waals surface area (Å²) in [6.45, 7) is 4.34. The molecular weight excluding hydrogens is 440 g/mol. The van der Waals surface area contributed by atoms with Gasteiger partial charge in [-0.15, -0.1) is 0 Å². The first kappa shape index (κ1) is 25.9. The summed E-state index contributed by atoms with van der Waals surface area (Å²) in [6.07, 6.45) is 5.47. The number of ether oxygens (including phenoxy) is 2. The Morgan fingerprint density at radius 2 is 1.23 bits per heavy atom. The van der Waals surface area contributed by atoms with Gasteiger partial charge in [-0.05, 0) is 66.3 Å². The van der Waals surface area contributed by atoms with Crippen LogP contribution in [0.25, 0.3) is 0 Å². The van der Waals surface area contributed by atoms with E-state index in [9.17, 15) is 14.4 Å². The van der Waals surface area contributed by atoms with Crippen molar-refractivity contribution in [2.75, 3.05) is 6.61 Å². The molecule has 0 radical (unpaired) electrons. The first-order valence-electron chi connectivity index (χ1n) is 12.2. The summed E-state index contributed by atoms with van der Waals surface area (Å²) in [5.74, 6) is -1.83. The van der Waals surface area contributed by atoms with Crippen LogP contribution in [0.5, 0.6) is 0 Å². The van der Waals surface area contributed by atoms with Gasteiger partial charge in [-0.2, -0.15) is 0 Å². The predicted octanol–water partition coefficient (Wildman–Crippen LogP) is 6.38. The molecule has 0 heterocycles. The molecule has 0 amide bonds. The van der Waals surface area contributed by atoms with E-state index in [4.69, 9.17) is 9.47 Å². The third-order valence-electron chi connectivity index (χ3n) is 5.76. The summed E-state index contributed by atoms with van der Waals surface area (Å²) in [6, 6.07) is 21.4. The standard InChI is InChI=1S/C30H32O5/c1-3-5-9-23-14-18-26(19-15-23)29(32)35-30(33)27-11-7-6-10-24(27)20-21-34-28(31)25-16-12-22(8-4-2)13-17-25/h6-7,10-19H,3-5,8-9,20-21H2,1-2H3. The zero-order chi connectivity index (χ0) is 25.0. The zero-order valence-corrected chi connectivity index (χ0v) is 20.4.